The fourth-order valence-electron chi connectivity index (χ4n) is 2.38. The minimum absolute atomic E-state index is 0.285. The number of nitrogens with zero attached hydrogens (tertiary/aromatic N) is 1. The Balaban J connectivity index is 2.12. The summed E-state index contributed by atoms with van der Waals surface area (Å²) in [7, 11) is 3.05. The van der Waals surface area contributed by atoms with Crippen molar-refractivity contribution in [3.63, 3.8) is 0 Å². The summed E-state index contributed by atoms with van der Waals surface area (Å²) in [4.78, 5) is 15.2. The van der Waals surface area contributed by atoms with Gasteiger partial charge in [0.15, 0.2) is 0 Å². The Labute approximate surface area is 151 Å². The topological polar surface area (TPSA) is 56.2 Å². The van der Waals surface area contributed by atoms with Crippen molar-refractivity contribution in [1.29, 1.82) is 0 Å². The molecule has 0 unspecified atom stereocenters. The van der Waals surface area contributed by atoms with E-state index >= 15 is 0 Å². The number of nitrogens with one attached hydrogen (secondary N) is 1. The fraction of sp³-hybridized carbons (Fsp3) is 0.118. The van der Waals surface area contributed by atoms with Crippen LogP contribution in [-0.4, -0.2) is 23.8 Å². The van der Waals surface area contributed by atoms with Crippen LogP contribution in [0.3, 0.4) is 0 Å². The van der Waals surface area contributed by atoms with E-state index < -0.39 is 0 Å². The van der Waals surface area contributed by atoms with Gasteiger partial charge in [0.05, 0.1) is 30.6 Å². The van der Waals surface area contributed by atoms with Crippen LogP contribution in [0.1, 0.15) is 0 Å². The van der Waals surface area contributed by atoms with Crippen LogP contribution in [0.25, 0.3) is 16.9 Å². The first-order valence-electron chi connectivity index (χ1n) is 7.03. The van der Waals surface area contributed by atoms with E-state index in [1.165, 1.54) is 18.8 Å². The van der Waals surface area contributed by atoms with Gasteiger partial charge in [-0.1, -0.05) is 39.7 Å². The first kappa shape index (κ1) is 16.7. The smallest absolute Gasteiger partial charge is 0.330 e. The molecule has 3 aromatic rings. The zero-order valence-electron chi connectivity index (χ0n) is 13.0. The highest BCUT2D eigenvalue weighted by molar-refractivity contribution is 9.10. The molecule has 24 heavy (non-hydrogen) atoms. The van der Waals surface area contributed by atoms with Crippen LogP contribution in [0, 0.1) is 0 Å². The van der Waals surface area contributed by atoms with Crippen LogP contribution in [0.5, 0.6) is 11.5 Å². The van der Waals surface area contributed by atoms with E-state index in [0.29, 0.717) is 27.9 Å². The van der Waals surface area contributed by atoms with Crippen LogP contribution < -0.4 is 15.2 Å². The standard InChI is InChI=1S/C17H14BrClN2O3/c1-23-15-8-16(24-2)14(7-12(15)19)21-9-13(20-17(21)22)10-3-5-11(18)6-4-10/h3-9H,1-2H3,(H,20,22). The molecule has 0 aliphatic rings. The molecule has 0 radical (unpaired) electrons. The molecule has 5 nitrogen and oxygen atoms in total. The highest BCUT2D eigenvalue weighted by atomic mass is 79.9. The molecule has 7 heteroatoms. The van der Waals surface area contributed by atoms with E-state index in [0.717, 1.165) is 10.0 Å². The molecule has 2 aromatic carbocycles. The first-order valence-corrected chi connectivity index (χ1v) is 8.20. The van der Waals surface area contributed by atoms with Crippen molar-refractivity contribution in [2.45, 2.75) is 0 Å². The summed E-state index contributed by atoms with van der Waals surface area (Å²) in [6.07, 6.45) is 1.71. The van der Waals surface area contributed by atoms with Crippen molar-refractivity contribution in [1.82, 2.24) is 9.55 Å². The van der Waals surface area contributed by atoms with Gasteiger partial charge in [-0.2, -0.15) is 0 Å². The molecule has 1 N–H and O–H groups in total. The van der Waals surface area contributed by atoms with E-state index in [2.05, 4.69) is 20.9 Å². The van der Waals surface area contributed by atoms with Crippen molar-refractivity contribution in [2.75, 3.05) is 14.2 Å². The Bertz CT molecular complexity index is 932. The molecule has 0 fully saturated rings. The van der Waals surface area contributed by atoms with Crippen molar-refractivity contribution in [2.24, 2.45) is 0 Å². The van der Waals surface area contributed by atoms with Crippen LogP contribution >= 0.6 is 27.5 Å². The van der Waals surface area contributed by atoms with E-state index in [1.54, 1.807) is 18.3 Å². The fourth-order valence-corrected chi connectivity index (χ4v) is 2.88. The predicted octanol–water partition coefficient (Wildman–Crippen LogP) is 4.27. The average Bonchev–Trinajstić information content (AvgIpc) is 2.97. The van der Waals surface area contributed by atoms with Crippen LogP contribution in [0.4, 0.5) is 0 Å². The number of aromatic amines is 1. The van der Waals surface area contributed by atoms with Crippen molar-refractivity contribution >= 4 is 27.5 Å². The number of benzene rings is 2. The second-order valence-corrected chi connectivity index (χ2v) is 6.33. The minimum atomic E-state index is -0.285. The summed E-state index contributed by atoms with van der Waals surface area (Å²) in [6.45, 7) is 0. The molecule has 0 spiro atoms. The van der Waals surface area contributed by atoms with Gasteiger partial charge in [-0.3, -0.25) is 4.57 Å². The van der Waals surface area contributed by atoms with Gasteiger partial charge in [0.2, 0.25) is 0 Å². The number of methoxy groups -OCH3 is 2. The third kappa shape index (κ3) is 3.07. The number of halogens is 2. The monoisotopic (exact) mass is 408 g/mol. The predicted molar refractivity (Wildman–Crippen MR) is 97.6 cm³/mol. The van der Waals surface area contributed by atoms with Gasteiger partial charge in [0, 0.05) is 16.7 Å². The maximum atomic E-state index is 12.4. The second kappa shape index (κ2) is 6.75. The first-order chi connectivity index (χ1) is 11.5. The number of rotatable bonds is 4. The van der Waals surface area contributed by atoms with Gasteiger partial charge in [0.1, 0.15) is 11.5 Å². The van der Waals surface area contributed by atoms with Crippen LogP contribution in [0.15, 0.2) is 51.9 Å². The van der Waals surface area contributed by atoms with E-state index in [4.69, 9.17) is 21.1 Å². The lowest BCUT2D eigenvalue weighted by Crippen LogP contribution is -2.15. The number of H-pyrrole nitrogens is 1. The van der Waals surface area contributed by atoms with Crippen molar-refractivity contribution in [3.05, 3.63) is 62.6 Å². The summed E-state index contributed by atoms with van der Waals surface area (Å²) in [5, 5.41) is 0.395. The SMILES string of the molecule is COc1cc(OC)c(-n2cc(-c3ccc(Br)cc3)[nH]c2=O)cc1Cl. The molecule has 1 heterocycles. The Hall–Kier alpha value is -2.18. The van der Waals surface area contributed by atoms with Crippen molar-refractivity contribution < 1.29 is 9.47 Å². The summed E-state index contributed by atoms with van der Waals surface area (Å²) in [6, 6.07) is 10.9. The van der Waals surface area contributed by atoms with E-state index in [9.17, 15) is 4.79 Å². The third-order valence-corrected chi connectivity index (χ3v) is 4.41. The molecule has 0 atom stereocenters. The molecular weight excluding hydrogens is 396 g/mol. The van der Waals surface area contributed by atoms with Crippen molar-refractivity contribution in [3.8, 4) is 28.4 Å². The van der Waals surface area contributed by atoms with Gasteiger partial charge in [-0.25, -0.2) is 4.79 Å². The molecule has 0 saturated heterocycles. The van der Waals surface area contributed by atoms with Gasteiger partial charge in [-0.15, -0.1) is 0 Å². The van der Waals surface area contributed by atoms with E-state index in [1.807, 2.05) is 24.3 Å². The summed E-state index contributed by atoms with van der Waals surface area (Å²) in [5.74, 6) is 0.966. The molecule has 1 aromatic heterocycles. The molecule has 0 aliphatic carbocycles. The molecule has 0 aliphatic heterocycles. The van der Waals surface area contributed by atoms with Crippen LogP contribution in [-0.2, 0) is 0 Å². The Morgan fingerprint density at radius 1 is 1.08 bits per heavy atom. The van der Waals surface area contributed by atoms with Gasteiger partial charge < -0.3 is 14.5 Å². The molecule has 124 valence electrons. The highest BCUT2D eigenvalue weighted by Crippen LogP contribution is 2.34. The maximum absolute atomic E-state index is 12.4. The summed E-state index contributed by atoms with van der Waals surface area (Å²) < 4.78 is 13.0. The Morgan fingerprint density at radius 2 is 1.75 bits per heavy atom. The molecular formula is C17H14BrClN2O3. The molecule has 0 amide bonds. The highest BCUT2D eigenvalue weighted by Gasteiger charge is 2.15. The summed E-state index contributed by atoms with van der Waals surface area (Å²) >= 11 is 9.59. The quantitative estimate of drug-likeness (QED) is 0.700. The minimum Gasteiger partial charge on any atom is -0.495 e. The number of ether oxygens (including phenoxy) is 2. The third-order valence-electron chi connectivity index (χ3n) is 3.59. The number of hydrogen-bond acceptors (Lipinski definition) is 3. The lowest BCUT2D eigenvalue weighted by Gasteiger charge is -2.11. The Kier molecular flexibility index (Phi) is 4.69. The molecule has 0 bridgehead atoms. The van der Waals surface area contributed by atoms with Gasteiger partial charge in [0.25, 0.3) is 0 Å². The normalized spacial score (nSPS) is 10.7. The lowest BCUT2D eigenvalue weighted by atomic mass is 10.2. The average molecular weight is 410 g/mol. The maximum Gasteiger partial charge on any atom is 0.330 e. The van der Waals surface area contributed by atoms with Crippen LogP contribution in [0.2, 0.25) is 5.02 Å². The lowest BCUT2D eigenvalue weighted by molar-refractivity contribution is 0.393. The largest absolute Gasteiger partial charge is 0.495 e. The molecule has 3 rings (SSSR count). The Morgan fingerprint density at radius 3 is 2.38 bits per heavy atom. The zero-order valence-corrected chi connectivity index (χ0v) is 15.3. The molecule has 0 saturated carbocycles. The van der Waals surface area contributed by atoms with Gasteiger partial charge in [-0.05, 0) is 23.8 Å². The van der Waals surface area contributed by atoms with Gasteiger partial charge >= 0.3 is 5.69 Å². The zero-order chi connectivity index (χ0) is 17.3. The number of imidazole rings is 1. The number of hydrogen-bond donors (Lipinski definition) is 1. The number of aromatic nitrogens is 2. The second-order valence-electron chi connectivity index (χ2n) is 5.01. The van der Waals surface area contributed by atoms with E-state index in [-0.39, 0.29) is 5.69 Å². The summed E-state index contributed by atoms with van der Waals surface area (Å²) in [5.41, 5.74) is 1.84.